The van der Waals surface area contributed by atoms with Crippen molar-refractivity contribution in [2.45, 2.75) is 51.6 Å². The molecule has 1 aromatic carbocycles. The summed E-state index contributed by atoms with van der Waals surface area (Å²) in [6.07, 6.45) is 9.05. The zero-order chi connectivity index (χ0) is 20.8. The maximum absolute atomic E-state index is 4.89. The minimum atomic E-state index is 0.193. The average molecular weight is 397 g/mol. The van der Waals surface area contributed by atoms with Crippen molar-refractivity contribution in [1.82, 2.24) is 25.3 Å². The first-order chi connectivity index (χ1) is 14.0. The fourth-order valence-electron chi connectivity index (χ4n) is 3.99. The molecule has 1 aromatic heterocycles. The largest absolute Gasteiger partial charge is 0.357 e. The first-order valence-electron chi connectivity index (χ1n) is 10.8. The number of likely N-dealkylation sites (N-methyl/N-ethyl adjacent to an activating group) is 1. The Kier molecular flexibility index (Phi) is 7.31. The summed E-state index contributed by atoms with van der Waals surface area (Å²) in [5, 5.41) is 11.3. The zero-order valence-corrected chi connectivity index (χ0v) is 18.6. The summed E-state index contributed by atoms with van der Waals surface area (Å²) in [4.78, 5) is 7.08. The molecular formula is C23H36N6. The van der Waals surface area contributed by atoms with E-state index >= 15 is 0 Å². The van der Waals surface area contributed by atoms with Gasteiger partial charge in [0.15, 0.2) is 5.96 Å². The molecule has 6 nitrogen and oxygen atoms in total. The molecule has 29 heavy (non-hydrogen) atoms. The Bertz CT molecular complexity index is 823. The normalized spacial score (nSPS) is 16.4. The van der Waals surface area contributed by atoms with E-state index < -0.39 is 0 Å². The van der Waals surface area contributed by atoms with Crippen LogP contribution in [0.15, 0.2) is 35.6 Å². The molecule has 1 aliphatic carbocycles. The van der Waals surface area contributed by atoms with Crippen molar-refractivity contribution in [2.24, 2.45) is 12.0 Å². The fraction of sp³-hybridized carbons (Fsp3) is 0.565. The lowest BCUT2D eigenvalue weighted by molar-refractivity contribution is 0.306. The number of nitrogens with zero attached hydrogens (tertiary/aromatic N) is 4. The average Bonchev–Trinajstić information content (AvgIpc) is 3.13. The molecule has 0 fully saturated rings. The molecular weight excluding hydrogens is 360 g/mol. The predicted octanol–water partition coefficient (Wildman–Crippen LogP) is 3.22. The van der Waals surface area contributed by atoms with Crippen LogP contribution in [0.4, 0.5) is 0 Å². The Hall–Kier alpha value is -2.34. The number of nitrogens with one attached hydrogen (secondary N) is 2. The SMILES string of the molecule is CCNC(=NCC(c1cnn(C)c1)N(C)C)NC(C)c1ccc2c(c1)CCCC2. The smallest absolute Gasteiger partial charge is 0.191 e. The van der Waals surface area contributed by atoms with Gasteiger partial charge in [0.25, 0.3) is 0 Å². The molecule has 2 aromatic rings. The highest BCUT2D eigenvalue weighted by atomic mass is 15.3. The Labute approximate surface area is 175 Å². The van der Waals surface area contributed by atoms with Gasteiger partial charge in [-0.25, -0.2) is 0 Å². The highest BCUT2D eigenvalue weighted by Crippen LogP contribution is 2.25. The van der Waals surface area contributed by atoms with Crippen molar-refractivity contribution in [3.05, 3.63) is 52.8 Å². The van der Waals surface area contributed by atoms with E-state index in [2.05, 4.69) is 73.0 Å². The van der Waals surface area contributed by atoms with Gasteiger partial charge in [0.2, 0.25) is 0 Å². The topological polar surface area (TPSA) is 57.5 Å². The number of guanidine groups is 1. The summed E-state index contributed by atoms with van der Waals surface area (Å²) in [7, 11) is 6.12. The lowest BCUT2D eigenvalue weighted by Crippen LogP contribution is -2.39. The van der Waals surface area contributed by atoms with Crippen LogP contribution < -0.4 is 10.6 Å². The number of aliphatic imine (C=N–C) groups is 1. The Balaban J connectivity index is 1.71. The maximum atomic E-state index is 4.89. The molecule has 3 rings (SSSR count). The summed E-state index contributed by atoms with van der Waals surface area (Å²) in [6.45, 7) is 5.82. The van der Waals surface area contributed by atoms with E-state index in [1.807, 2.05) is 17.9 Å². The van der Waals surface area contributed by atoms with E-state index in [-0.39, 0.29) is 12.1 Å². The number of hydrogen-bond acceptors (Lipinski definition) is 3. The fourth-order valence-corrected chi connectivity index (χ4v) is 3.99. The second kappa shape index (κ2) is 9.92. The third-order valence-electron chi connectivity index (χ3n) is 5.73. The van der Waals surface area contributed by atoms with Crippen LogP contribution in [-0.4, -0.2) is 47.8 Å². The van der Waals surface area contributed by atoms with Gasteiger partial charge in [-0.2, -0.15) is 5.10 Å². The van der Waals surface area contributed by atoms with Crippen LogP contribution in [-0.2, 0) is 19.9 Å². The van der Waals surface area contributed by atoms with E-state index in [0.29, 0.717) is 6.54 Å². The quantitative estimate of drug-likeness (QED) is 0.557. The highest BCUT2D eigenvalue weighted by Gasteiger charge is 2.17. The van der Waals surface area contributed by atoms with Crippen LogP contribution in [0.2, 0.25) is 0 Å². The first kappa shape index (κ1) is 21.4. The van der Waals surface area contributed by atoms with Crippen LogP contribution in [0.5, 0.6) is 0 Å². The van der Waals surface area contributed by atoms with Crippen molar-refractivity contribution >= 4 is 5.96 Å². The van der Waals surface area contributed by atoms with Crippen LogP contribution in [0.25, 0.3) is 0 Å². The number of aryl methyl sites for hydroxylation is 3. The number of rotatable bonds is 7. The van der Waals surface area contributed by atoms with E-state index in [1.165, 1.54) is 47.9 Å². The molecule has 1 heterocycles. The van der Waals surface area contributed by atoms with Gasteiger partial charge in [0.05, 0.1) is 24.8 Å². The molecule has 158 valence electrons. The summed E-state index contributed by atoms with van der Waals surface area (Å²) in [5.41, 5.74) is 5.55. The Morgan fingerprint density at radius 1 is 1.21 bits per heavy atom. The lowest BCUT2D eigenvalue weighted by Gasteiger charge is -2.24. The van der Waals surface area contributed by atoms with Gasteiger partial charge in [-0.1, -0.05) is 18.2 Å². The van der Waals surface area contributed by atoms with Gasteiger partial charge in [-0.3, -0.25) is 9.67 Å². The van der Waals surface area contributed by atoms with Gasteiger partial charge >= 0.3 is 0 Å². The second-order valence-corrected chi connectivity index (χ2v) is 8.25. The zero-order valence-electron chi connectivity index (χ0n) is 18.6. The van der Waals surface area contributed by atoms with E-state index in [0.717, 1.165) is 12.5 Å². The monoisotopic (exact) mass is 396 g/mol. The molecule has 2 N–H and O–H groups in total. The number of hydrogen-bond donors (Lipinski definition) is 2. The minimum absolute atomic E-state index is 0.193. The standard InChI is InChI=1S/C23H36N6/c1-6-24-23(25-15-22(28(3)4)21-14-26-29(5)16-21)27-17(2)19-12-11-18-9-7-8-10-20(18)13-19/h11-14,16-17,22H,6-10,15H2,1-5H3,(H2,24,25,27). The van der Waals surface area contributed by atoms with Gasteiger partial charge in [0.1, 0.15) is 0 Å². The Morgan fingerprint density at radius 3 is 2.62 bits per heavy atom. The van der Waals surface area contributed by atoms with Crippen molar-refractivity contribution in [3.8, 4) is 0 Å². The van der Waals surface area contributed by atoms with Crippen LogP contribution in [0, 0.1) is 0 Å². The number of benzene rings is 1. The maximum Gasteiger partial charge on any atom is 0.191 e. The van der Waals surface area contributed by atoms with Gasteiger partial charge in [0, 0.05) is 25.4 Å². The minimum Gasteiger partial charge on any atom is -0.357 e. The summed E-state index contributed by atoms with van der Waals surface area (Å²) in [6, 6.07) is 7.36. The van der Waals surface area contributed by atoms with Crippen molar-refractivity contribution in [1.29, 1.82) is 0 Å². The molecule has 2 atom stereocenters. The summed E-state index contributed by atoms with van der Waals surface area (Å²) >= 11 is 0. The Morgan fingerprint density at radius 2 is 1.97 bits per heavy atom. The molecule has 0 radical (unpaired) electrons. The van der Waals surface area contributed by atoms with Crippen molar-refractivity contribution in [2.75, 3.05) is 27.2 Å². The predicted molar refractivity (Wildman–Crippen MR) is 120 cm³/mol. The molecule has 0 spiro atoms. The number of aromatic nitrogens is 2. The molecule has 0 saturated carbocycles. The van der Waals surface area contributed by atoms with Gasteiger partial charge in [-0.15, -0.1) is 0 Å². The first-order valence-corrected chi connectivity index (χ1v) is 10.8. The van der Waals surface area contributed by atoms with E-state index in [9.17, 15) is 0 Å². The molecule has 0 saturated heterocycles. The number of fused-ring (bicyclic) bond motifs is 1. The molecule has 2 unspecified atom stereocenters. The highest BCUT2D eigenvalue weighted by molar-refractivity contribution is 5.80. The van der Waals surface area contributed by atoms with Gasteiger partial charge < -0.3 is 15.5 Å². The second-order valence-electron chi connectivity index (χ2n) is 8.25. The van der Waals surface area contributed by atoms with Crippen LogP contribution in [0.1, 0.15) is 61.0 Å². The van der Waals surface area contributed by atoms with Gasteiger partial charge in [-0.05, 0) is 70.3 Å². The molecule has 0 bridgehead atoms. The van der Waals surface area contributed by atoms with Crippen molar-refractivity contribution < 1.29 is 0 Å². The molecule has 1 aliphatic rings. The van der Waals surface area contributed by atoms with E-state index in [4.69, 9.17) is 4.99 Å². The third kappa shape index (κ3) is 5.60. The van der Waals surface area contributed by atoms with Crippen LogP contribution >= 0.6 is 0 Å². The van der Waals surface area contributed by atoms with E-state index in [1.54, 1.807) is 0 Å². The molecule has 0 amide bonds. The lowest BCUT2D eigenvalue weighted by atomic mass is 9.89. The summed E-state index contributed by atoms with van der Waals surface area (Å²) < 4.78 is 1.84. The van der Waals surface area contributed by atoms with Crippen molar-refractivity contribution in [3.63, 3.8) is 0 Å². The molecule has 0 aliphatic heterocycles. The molecule has 6 heteroatoms. The van der Waals surface area contributed by atoms with Crippen LogP contribution in [0.3, 0.4) is 0 Å². The summed E-state index contributed by atoms with van der Waals surface area (Å²) in [5.74, 6) is 0.855. The third-order valence-corrected chi connectivity index (χ3v) is 5.73.